The van der Waals surface area contributed by atoms with Crippen molar-refractivity contribution in [2.24, 2.45) is 0 Å². The SMILES string of the molecule is O=[N+]([O-])c1ccc2c(c1NCc1ccccc1S(=O)(=O)N1CCCCC1)CCN2. The van der Waals surface area contributed by atoms with Crippen LogP contribution in [0.4, 0.5) is 17.1 Å². The number of nitrogens with one attached hydrogen (secondary N) is 2. The van der Waals surface area contributed by atoms with Gasteiger partial charge < -0.3 is 10.6 Å². The molecule has 0 atom stereocenters. The smallest absolute Gasteiger partial charge is 0.292 e. The van der Waals surface area contributed by atoms with Crippen LogP contribution in [0.3, 0.4) is 0 Å². The second kappa shape index (κ2) is 8.00. The number of nitro benzene ring substituents is 1. The monoisotopic (exact) mass is 416 g/mol. The number of nitro groups is 1. The van der Waals surface area contributed by atoms with E-state index in [-0.39, 0.29) is 17.1 Å². The number of benzene rings is 2. The minimum absolute atomic E-state index is 0.00354. The van der Waals surface area contributed by atoms with Crippen LogP contribution in [0.15, 0.2) is 41.3 Å². The zero-order chi connectivity index (χ0) is 20.4. The van der Waals surface area contributed by atoms with Gasteiger partial charge in [-0.3, -0.25) is 10.1 Å². The Bertz CT molecular complexity index is 1030. The highest BCUT2D eigenvalue weighted by molar-refractivity contribution is 7.89. The second-order valence-corrected chi connectivity index (χ2v) is 9.25. The predicted molar refractivity (Wildman–Crippen MR) is 112 cm³/mol. The quantitative estimate of drug-likeness (QED) is 0.553. The highest BCUT2D eigenvalue weighted by Gasteiger charge is 2.29. The zero-order valence-corrected chi connectivity index (χ0v) is 16.9. The number of hydrogen-bond acceptors (Lipinski definition) is 6. The fourth-order valence-electron chi connectivity index (χ4n) is 4.06. The van der Waals surface area contributed by atoms with E-state index in [0.717, 1.165) is 37.1 Å². The Labute approximate surface area is 170 Å². The van der Waals surface area contributed by atoms with Gasteiger partial charge in [0.25, 0.3) is 5.69 Å². The molecular weight excluding hydrogens is 392 g/mol. The largest absolute Gasteiger partial charge is 0.384 e. The maximum Gasteiger partial charge on any atom is 0.292 e. The molecule has 2 aromatic carbocycles. The molecule has 2 aliphatic heterocycles. The molecule has 2 heterocycles. The summed E-state index contributed by atoms with van der Waals surface area (Å²) in [6, 6.07) is 10.1. The van der Waals surface area contributed by atoms with Crippen molar-refractivity contribution in [3.8, 4) is 0 Å². The lowest BCUT2D eigenvalue weighted by Crippen LogP contribution is -2.36. The van der Waals surface area contributed by atoms with E-state index >= 15 is 0 Å². The van der Waals surface area contributed by atoms with Gasteiger partial charge in [-0.25, -0.2) is 8.42 Å². The Balaban J connectivity index is 1.64. The summed E-state index contributed by atoms with van der Waals surface area (Å²) in [7, 11) is -3.59. The highest BCUT2D eigenvalue weighted by atomic mass is 32.2. The van der Waals surface area contributed by atoms with Crippen LogP contribution in [0, 0.1) is 10.1 Å². The number of piperidine rings is 1. The molecule has 29 heavy (non-hydrogen) atoms. The maximum atomic E-state index is 13.2. The molecule has 0 unspecified atom stereocenters. The Morgan fingerprint density at radius 2 is 1.86 bits per heavy atom. The summed E-state index contributed by atoms with van der Waals surface area (Å²) in [5.41, 5.74) is 2.82. The van der Waals surface area contributed by atoms with Gasteiger partial charge in [-0.15, -0.1) is 0 Å². The third kappa shape index (κ3) is 3.79. The van der Waals surface area contributed by atoms with Crippen molar-refractivity contribution in [1.29, 1.82) is 0 Å². The third-order valence-corrected chi connectivity index (χ3v) is 7.54. The molecule has 0 bridgehead atoms. The molecule has 2 N–H and O–H groups in total. The fraction of sp³-hybridized carbons (Fsp3) is 0.400. The van der Waals surface area contributed by atoms with Crippen molar-refractivity contribution in [2.45, 2.75) is 37.1 Å². The lowest BCUT2D eigenvalue weighted by atomic mass is 10.1. The van der Waals surface area contributed by atoms with Crippen LogP contribution in [0.1, 0.15) is 30.4 Å². The summed E-state index contributed by atoms with van der Waals surface area (Å²) in [5.74, 6) is 0. The van der Waals surface area contributed by atoms with Crippen molar-refractivity contribution in [3.05, 3.63) is 57.6 Å². The van der Waals surface area contributed by atoms with Crippen molar-refractivity contribution in [3.63, 3.8) is 0 Å². The minimum atomic E-state index is -3.59. The van der Waals surface area contributed by atoms with Crippen LogP contribution in [-0.2, 0) is 23.0 Å². The zero-order valence-electron chi connectivity index (χ0n) is 16.1. The Hall–Kier alpha value is -2.65. The number of fused-ring (bicyclic) bond motifs is 1. The normalized spacial score (nSPS) is 16.8. The molecule has 0 radical (unpaired) electrons. The van der Waals surface area contributed by atoms with Crippen LogP contribution in [0.25, 0.3) is 0 Å². The Kier molecular flexibility index (Phi) is 5.42. The van der Waals surface area contributed by atoms with E-state index in [1.54, 1.807) is 34.6 Å². The predicted octanol–water partition coefficient (Wildman–Crippen LogP) is 3.35. The molecule has 4 rings (SSSR count). The number of anilines is 2. The first-order valence-corrected chi connectivity index (χ1v) is 11.3. The second-order valence-electron chi connectivity index (χ2n) is 7.35. The average molecular weight is 417 g/mol. The van der Waals surface area contributed by atoms with Crippen molar-refractivity contribution in [1.82, 2.24) is 4.31 Å². The molecule has 0 aliphatic carbocycles. The van der Waals surface area contributed by atoms with E-state index < -0.39 is 14.9 Å². The molecule has 9 heteroatoms. The van der Waals surface area contributed by atoms with Crippen LogP contribution < -0.4 is 10.6 Å². The number of sulfonamides is 1. The first kappa shape index (κ1) is 19.7. The van der Waals surface area contributed by atoms with E-state index in [1.807, 2.05) is 0 Å². The number of rotatable bonds is 6. The molecule has 2 aromatic rings. The summed E-state index contributed by atoms with van der Waals surface area (Å²) < 4.78 is 27.9. The van der Waals surface area contributed by atoms with E-state index in [9.17, 15) is 18.5 Å². The fourth-order valence-corrected chi connectivity index (χ4v) is 5.80. The first-order valence-electron chi connectivity index (χ1n) is 9.84. The number of hydrogen-bond donors (Lipinski definition) is 2. The van der Waals surface area contributed by atoms with Crippen LogP contribution in [0.5, 0.6) is 0 Å². The van der Waals surface area contributed by atoms with Gasteiger partial charge in [0, 0.05) is 43.5 Å². The van der Waals surface area contributed by atoms with Crippen molar-refractivity contribution < 1.29 is 13.3 Å². The van der Waals surface area contributed by atoms with Crippen LogP contribution in [-0.4, -0.2) is 37.3 Å². The standard InChI is InChI=1S/C20H24N4O4S/c25-24(26)18-9-8-17-16(10-11-21-17)20(18)22-14-15-6-2-3-7-19(15)29(27,28)23-12-4-1-5-13-23/h2-3,6-9,21-22H,1,4-5,10-14H2. The molecule has 2 aliphatic rings. The van der Waals surface area contributed by atoms with Gasteiger partial charge in [0.15, 0.2) is 0 Å². The first-order chi connectivity index (χ1) is 14.0. The van der Waals surface area contributed by atoms with Gasteiger partial charge in [-0.05, 0) is 37.0 Å². The molecular formula is C20H24N4O4S. The van der Waals surface area contributed by atoms with Gasteiger partial charge in [0.2, 0.25) is 10.0 Å². The Morgan fingerprint density at radius 3 is 2.62 bits per heavy atom. The van der Waals surface area contributed by atoms with E-state index in [1.165, 1.54) is 6.07 Å². The lowest BCUT2D eigenvalue weighted by Gasteiger charge is -2.27. The van der Waals surface area contributed by atoms with E-state index in [4.69, 9.17) is 0 Å². The van der Waals surface area contributed by atoms with Crippen LogP contribution in [0.2, 0.25) is 0 Å². The number of nitrogens with zero attached hydrogens (tertiary/aromatic N) is 2. The van der Waals surface area contributed by atoms with Gasteiger partial charge >= 0.3 is 0 Å². The Morgan fingerprint density at radius 1 is 1.10 bits per heavy atom. The summed E-state index contributed by atoms with van der Waals surface area (Å²) in [5, 5.41) is 17.9. The van der Waals surface area contributed by atoms with E-state index in [2.05, 4.69) is 10.6 Å². The van der Waals surface area contributed by atoms with Gasteiger partial charge in [-0.1, -0.05) is 24.6 Å². The summed E-state index contributed by atoms with van der Waals surface area (Å²) in [6.07, 6.45) is 3.48. The molecule has 1 saturated heterocycles. The molecule has 0 amide bonds. The minimum Gasteiger partial charge on any atom is -0.384 e. The van der Waals surface area contributed by atoms with Gasteiger partial charge in [0.05, 0.1) is 9.82 Å². The third-order valence-electron chi connectivity index (χ3n) is 5.54. The average Bonchev–Trinajstić information content (AvgIpc) is 3.21. The summed E-state index contributed by atoms with van der Waals surface area (Å²) in [4.78, 5) is 11.4. The van der Waals surface area contributed by atoms with Crippen molar-refractivity contribution >= 4 is 27.1 Å². The van der Waals surface area contributed by atoms with Gasteiger partial charge in [-0.2, -0.15) is 4.31 Å². The summed E-state index contributed by atoms with van der Waals surface area (Å²) >= 11 is 0. The molecule has 0 aromatic heterocycles. The van der Waals surface area contributed by atoms with E-state index in [0.29, 0.717) is 30.8 Å². The molecule has 1 fully saturated rings. The van der Waals surface area contributed by atoms with Crippen molar-refractivity contribution in [2.75, 3.05) is 30.3 Å². The highest BCUT2D eigenvalue weighted by Crippen LogP contribution is 2.37. The molecule has 0 spiro atoms. The van der Waals surface area contributed by atoms with Crippen LogP contribution >= 0.6 is 0 Å². The molecule has 0 saturated carbocycles. The van der Waals surface area contributed by atoms with Gasteiger partial charge in [0.1, 0.15) is 5.69 Å². The lowest BCUT2D eigenvalue weighted by molar-refractivity contribution is -0.384. The molecule has 154 valence electrons. The molecule has 8 nitrogen and oxygen atoms in total. The maximum absolute atomic E-state index is 13.2. The summed E-state index contributed by atoms with van der Waals surface area (Å²) in [6.45, 7) is 1.99. The topological polar surface area (TPSA) is 105 Å².